The Morgan fingerprint density at radius 1 is 0.971 bits per heavy atom. The highest BCUT2D eigenvalue weighted by molar-refractivity contribution is 7.86. The van der Waals surface area contributed by atoms with Gasteiger partial charge in [0.2, 0.25) is 0 Å². The van der Waals surface area contributed by atoms with Crippen molar-refractivity contribution < 1.29 is 22.8 Å². The minimum Gasteiger partial charge on any atom is -0.393 e. The molecule has 0 aliphatic heterocycles. The molecule has 10 atom stereocenters. The van der Waals surface area contributed by atoms with Crippen LogP contribution in [0.1, 0.15) is 77.7 Å². The summed E-state index contributed by atoms with van der Waals surface area (Å²) in [6, 6.07) is 6.83. The van der Waals surface area contributed by atoms with E-state index in [1.54, 1.807) is 24.3 Å². The summed E-state index contributed by atoms with van der Waals surface area (Å²) in [7, 11) is -3.76. The van der Waals surface area contributed by atoms with E-state index in [9.17, 15) is 18.6 Å². The molecule has 1 unspecified atom stereocenters. The first-order valence-corrected chi connectivity index (χ1v) is 15.2. The van der Waals surface area contributed by atoms with Crippen molar-refractivity contribution in [1.82, 2.24) is 0 Å². The maximum absolute atomic E-state index is 12.8. The van der Waals surface area contributed by atoms with Crippen LogP contribution in [-0.4, -0.2) is 37.4 Å². The summed E-state index contributed by atoms with van der Waals surface area (Å²) in [4.78, 5) is 0.219. The lowest BCUT2D eigenvalue weighted by atomic mass is 9.43. The highest BCUT2D eigenvalue weighted by Gasteiger charge is 2.62. The molecule has 4 aliphatic rings. The summed E-state index contributed by atoms with van der Waals surface area (Å²) in [5, 5.41) is 21.7. The molecule has 0 radical (unpaired) electrons. The third kappa shape index (κ3) is 4.30. The topological polar surface area (TPSA) is 83.8 Å². The number of fused-ring (bicyclic) bond motifs is 5. The predicted molar refractivity (Wildman–Crippen MR) is 136 cm³/mol. The molecule has 4 saturated carbocycles. The molecule has 5 nitrogen and oxygen atoms in total. The summed E-state index contributed by atoms with van der Waals surface area (Å²) >= 11 is 0. The molecule has 6 heteroatoms. The van der Waals surface area contributed by atoms with Gasteiger partial charge < -0.3 is 10.2 Å². The molecule has 1 aromatic rings. The Balaban J connectivity index is 1.30. The SMILES string of the molecule is Cc1ccc(S(=O)(=O)OC[C@@H](C)[C@H]2CC[C@H]3[C@@H]4[C@H](O)CC5C[C@H](O)CC[C@]5(C)[C@H]4CC[C@]23C)cc1. The Labute approximate surface area is 211 Å². The van der Waals surface area contributed by atoms with E-state index in [1.165, 1.54) is 0 Å². The molecule has 4 fully saturated rings. The van der Waals surface area contributed by atoms with Gasteiger partial charge in [-0.2, -0.15) is 8.42 Å². The third-order valence-corrected chi connectivity index (χ3v) is 12.5. The molecule has 2 N–H and O–H groups in total. The van der Waals surface area contributed by atoms with E-state index in [0.717, 1.165) is 56.9 Å². The van der Waals surface area contributed by atoms with Gasteiger partial charge in [-0.15, -0.1) is 0 Å². The molecule has 0 aromatic heterocycles. The summed E-state index contributed by atoms with van der Waals surface area (Å²) in [6.07, 6.45) is 7.56. The van der Waals surface area contributed by atoms with Gasteiger partial charge in [-0.25, -0.2) is 0 Å². The van der Waals surface area contributed by atoms with E-state index in [2.05, 4.69) is 20.8 Å². The van der Waals surface area contributed by atoms with Gasteiger partial charge in [0.1, 0.15) is 0 Å². The zero-order chi connectivity index (χ0) is 25.2. The highest BCUT2D eigenvalue weighted by atomic mass is 32.2. The van der Waals surface area contributed by atoms with Crippen LogP contribution in [0.3, 0.4) is 0 Å². The first-order valence-electron chi connectivity index (χ1n) is 13.8. The minimum absolute atomic E-state index is 0.107. The lowest BCUT2D eigenvalue weighted by Gasteiger charge is -2.62. The van der Waals surface area contributed by atoms with Crippen LogP contribution in [0.5, 0.6) is 0 Å². The standard InChI is InChI=1S/C29H44O5S/c1-18-5-7-22(8-6-18)35(32,33)34-17-19(2)23-9-10-24-27-25(12-14-29(23,24)4)28(3)13-11-21(30)15-20(28)16-26(27)31/h5-8,19-21,23-27,30-31H,9-17H2,1-4H3/t19-,20?,21-,23-,24+,25+,26-,27+,28+,29-/m1/s1. The van der Waals surface area contributed by atoms with Crippen molar-refractivity contribution in [2.45, 2.75) is 96.2 Å². The van der Waals surface area contributed by atoms with E-state index in [-0.39, 0.29) is 40.5 Å². The fourth-order valence-electron chi connectivity index (χ4n) is 9.26. The second-order valence-electron chi connectivity index (χ2n) is 13.0. The summed E-state index contributed by atoms with van der Waals surface area (Å²) in [5.41, 5.74) is 1.35. The molecule has 0 saturated heterocycles. The van der Waals surface area contributed by atoms with Crippen molar-refractivity contribution in [1.29, 1.82) is 0 Å². The normalized spacial score (nSPS) is 44.2. The molecule has 5 rings (SSSR count). The Morgan fingerprint density at radius 2 is 1.63 bits per heavy atom. The average Bonchev–Trinajstić information content (AvgIpc) is 3.16. The van der Waals surface area contributed by atoms with Crippen molar-refractivity contribution in [3.8, 4) is 0 Å². The van der Waals surface area contributed by atoms with Crippen LogP contribution >= 0.6 is 0 Å². The summed E-state index contributed by atoms with van der Waals surface area (Å²) in [5.74, 6) is 2.27. The highest BCUT2D eigenvalue weighted by Crippen LogP contribution is 2.68. The van der Waals surface area contributed by atoms with Gasteiger partial charge in [0.05, 0.1) is 23.7 Å². The number of aryl methyl sites for hydroxylation is 1. The largest absolute Gasteiger partial charge is 0.393 e. The van der Waals surface area contributed by atoms with Crippen LogP contribution in [0.25, 0.3) is 0 Å². The van der Waals surface area contributed by atoms with Gasteiger partial charge in [-0.3, -0.25) is 4.18 Å². The maximum Gasteiger partial charge on any atom is 0.296 e. The van der Waals surface area contributed by atoms with Crippen molar-refractivity contribution in [2.75, 3.05) is 6.61 Å². The van der Waals surface area contributed by atoms with Crippen LogP contribution in [0.2, 0.25) is 0 Å². The minimum atomic E-state index is -3.76. The van der Waals surface area contributed by atoms with E-state index in [0.29, 0.717) is 29.6 Å². The molecular formula is C29H44O5S. The Kier molecular flexibility index (Phi) is 6.69. The van der Waals surface area contributed by atoms with Crippen LogP contribution in [-0.2, 0) is 14.3 Å². The van der Waals surface area contributed by atoms with Crippen LogP contribution in [0.15, 0.2) is 29.2 Å². The lowest BCUT2D eigenvalue weighted by Crippen LogP contribution is -2.58. The van der Waals surface area contributed by atoms with E-state index in [4.69, 9.17) is 4.18 Å². The molecule has 35 heavy (non-hydrogen) atoms. The Bertz CT molecular complexity index is 1020. The lowest BCUT2D eigenvalue weighted by molar-refractivity contribution is -0.174. The van der Waals surface area contributed by atoms with Crippen molar-refractivity contribution >= 4 is 10.1 Å². The molecule has 4 aliphatic carbocycles. The first kappa shape index (κ1) is 25.7. The average molecular weight is 505 g/mol. The molecule has 1 aromatic carbocycles. The van der Waals surface area contributed by atoms with Crippen LogP contribution in [0, 0.1) is 53.3 Å². The zero-order valence-electron chi connectivity index (χ0n) is 21.8. The van der Waals surface area contributed by atoms with Crippen molar-refractivity contribution in [3.63, 3.8) is 0 Å². The second kappa shape index (κ2) is 9.11. The van der Waals surface area contributed by atoms with E-state index >= 15 is 0 Å². The molecule has 196 valence electrons. The zero-order valence-corrected chi connectivity index (χ0v) is 22.6. The smallest absolute Gasteiger partial charge is 0.296 e. The number of benzene rings is 1. The van der Waals surface area contributed by atoms with E-state index < -0.39 is 10.1 Å². The molecule has 0 bridgehead atoms. The third-order valence-electron chi connectivity index (χ3n) is 11.2. The van der Waals surface area contributed by atoms with E-state index in [1.807, 2.05) is 6.92 Å². The molecule has 0 heterocycles. The van der Waals surface area contributed by atoms with Gasteiger partial charge in [0, 0.05) is 0 Å². The second-order valence-corrected chi connectivity index (χ2v) is 14.6. The van der Waals surface area contributed by atoms with Crippen LogP contribution < -0.4 is 0 Å². The molecule has 0 amide bonds. The van der Waals surface area contributed by atoms with Gasteiger partial charge in [-0.1, -0.05) is 38.5 Å². The van der Waals surface area contributed by atoms with Crippen LogP contribution in [0.4, 0.5) is 0 Å². The number of aliphatic hydroxyl groups excluding tert-OH is 2. The number of aliphatic hydroxyl groups is 2. The van der Waals surface area contributed by atoms with Crippen molar-refractivity contribution in [3.05, 3.63) is 29.8 Å². The van der Waals surface area contributed by atoms with Gasteiger partial charge in [-0.05, 0) is 117 Å². The molecule has 0 spiro atoms. The molecular weight excluding hydrogens is 460 g/mol. The predicted octanol–water partition coefficient (Wildman–Crippen LogP) is 5.33. The van der Waals surface area contributed by atoms with Gasteiger partial charge in [0.15, 0.2) is 0 Å². The Morgan fingerprint density at radius 3 is 2.34 bits per heavy atom. The fraction of sp³-hybridized carbons (Fsp3) is 0.793. The van der Waals surface area contributed by atoms with Gasteiger partial charge in [0.25, 0.3) is 10.1 Å². The summed E-state index contributed by atoms with van der Waals surface area (Å²) < 4.78 is 31.1. The first-order chi connectivity index (χ1) is 16.5. The van der Waals surface area contributed by atoms with Crippen molar-refractivity contribution in [2.24, 2.45) is 46.3 Å². The quantitative estimate of drug-likeness (QED) is 0.530. The Hall–Kier alpha value is -0.950. The maximum atomic E-state index is 12.8. The van der Waals surface area contributed by atoms with Gasteiger partial charge >= 0.3 is 0 Å². The number of rotatable bonds is 5. The monoisotopic (exact) mass is 504 g/mol. The number of hydrogen-bond acceptors (Lipinski definition) is 5. The fourth-order valence-corrected chi connectivity index (χ4v) is 10.3. The number of hydrogen-bond donors (Lipinski definition) is 2. The summed E-state index contributed by atoms with van der Waals surface area (Å²) in [6.45, 7) is 9.13.